The summed E-state index contributed by atoms with van der Waals surface area (Å²) in [5.74, 6) is -0.661. The molecule has 0 saturated heterocycles. The number of non-ortho nitro benzene ring substituents is 1. The molecule has 2 aliphatic carbocycles. The van der Waals surface area contributed by atoms with Gasteiger partial charge in [-0.1, -0.05) is 18.2 Å². The van der Waals surface area contributed by atoms with Crippen molar-refractivity contribution in [3.8, 4) is 17.4 Å². The Morgan fingerprint density at radius 2 is 1.61 bits per heavy atom. The third-order valence-electron chi connectivity index (χ3n) is 6.50. The van der Waals surface area contributed by atoms with Gasteiger partial charge in [0.25, 0.3) is 5.69 Å². The highest BCUT2D eigenvalue weighted by atomic mass is 19.4. The molecular formula is C22H17F3N2O4. The van der Waals surface area contributed by atoms with E-state index >= 15 is 0 Å². The molecule has 9 heteroatoms. The Morgan fingerprint density at radius 1 is 0.968 bits per heavy atom. The summed E-state index contributed by atoms with van der Waals surface area (Å²) in [4.78, 5) is 10.4. The topological polar surface area (TPSA) is 88.5 Å². The second kappa shape index (κ2) is 6.50. The third-order valence-corrected chi connectivity index (χ3v) is 6.50. The maximum absolute atomic E-state index is 13.1. The van der Waals surface area contributed by atoms with Crippen LogP contribution in [0.3, 0.4) is 0 Å². The van der Waals surface area contributed by atoms with Crippen LogP contribution in [-0.2, 0) is 6.18 Å². The van der Waals surface area contributed by atoms with E-state index in [-0.39, 0.29) is 40.9 Å². The van der Waals surface area contributed by atoms with Crippen molar-refractivity contribution in [2.24, 2.45) is 0 Å². The SMILES string of the molecule is O=[N+]([O-])c1ccc([C@@H]2C[C@@H]3C[C@H]2c2c3c(O)n(-c3cccc(C(F)(F)F)c3)c2O)cc1. The molecule has 3 atom stereocenters. The van der Waals surface area contributed by atoms with Crippen molar-refractivity contribution < 1.29 is 28.3 Å². The van der Waals surface area contributed by atoms with E-state index in [2.05, 4.69) is 0 Å². The van der Waals surface area contributed by atoms with Crippen molar-refractivity contribution in [3.05, 3.63) is 80.9 Å². The van der Waals surface area contributed by atoms with Gasteiger partial charge in [-0.15, -0.1) is 0 Å². The maximum atomic E-state index is 13.1. The number of nitro groups is 1. The molecule has 2 N–H and O–H groups in total. The van der Waals surface area contributed by atoms with Gasteiger partial charge in [0.1, 0.15) is 0 Å². The molecule has 0 amide bonds. The van der Waals surface area contributed by atoms with E-state index in [0.29, 0.717) is 24.0 Å². The molecule has 2 aliphatic rings. The lowest BCUT2D eigenvalue weighted by Crippen LogP contribution is -2.08. The largest absolute Gasteiger partial charge is 0.494 e. The third kappa shape index (κ3) is 2.87. The van der Waals surface area contributed by atoms with Gasteiger partial charge in [0.2, 0.25) is 11.8 Å². The number of fused-ring (bicyclic) bond motifs is 5. The Hall–Kier alpha value is -3.49. The van der Waals surface area contributed by atoms with E-state index in [0.717, 1.165) is 22.3 Å². The maximum Gasteiger partial charge on any atom is 0.416 e. The van der Waals surface area contributed by atoms with Crippen molar-refractivity contribution in [1.29, 1.82) is 0 Å². The molecule has 0 aliphatic heterocycles. The number of alkyl halides is 3. The zero-order valence-corrected chi connectivity index (χ0v) is 16.0. The van der Waals surface area contributed by atoms with Gasteiger partial charge in [0.15, 0.2) is 0 Å². The average molecular weight is 430 g/mol. The van der Waals surface area contributed by atoms with E-state index in [9.17, 15) is 33.5 Å². The predicted octanol–water partition coefficient (Wildman–Crippen LogP) is 5.57. The molecule has 0 spiro atoms. The number of nitrogens with zero attached hydrogens (tertiary/aromatic N) is 2. The van der Waals surface area contributed by atoms with Gasteiger partial charge >= 0.3 is 6.18 Å². The Bertz CT molecular complexity index is 1200. The van der Waals surface area contributed by atoms with Crippen LogP contribution in [-0.4, -0.2) is 19.7 Å². The first-order valence-electron chi connectivity index (χ1n) is 9.75. The number of hydrogen-bond donors (Lipinski definition) is 2. The fourth-order valence-electron chi connectivity index (χ4n) is 5.22. The number of aromatic hydroxyl groups is 2. The Kier molecular flexibility index (Phi) is 4.08. The molecule has 5 rings (SSSR count). The van der Waals surface area contributed by atoms with Gasteiger partial charge in [0, 0.05) is 23.3 Å². The molecule has 31 heavy (non-hydrogen) atoms. The lowest BCUT2D eigenvalue weighted by molar-refractivity contribution is -0.384. The first-order chi connectivity index (χ1) is 14.7. The van der Waals surface area contributed by atoms with Crippen LogP contribution in [0.5, 0.6) is 11.8 Å². The molecule has 1 heterocycles. The summed E-state index contributed by atoms with van der Waals surface area (Å²) < 4.78 is 40.4. The van der Waals surface area contributed by atoms with E-state index in [1.807, 2.05) is 0 Å². The Morgan fingerprint density at radius 3 is 2.26 bits per heavy atom. The molecule has 0 radical (unpaired) electrons. The molecular weight excluding hydrogens is 413 g/mol. The van der Waals surface area contributed by atoms with Gasteiger partial charge in [-0.25, -0.2) is 0 Å². The predicted molar refractivity (Wildman–Crippen MR) is 105 cm³/mol. The Balaban J connectivity index is 1.55. The molecule has 1 aromatic heterocycles. The second-order valence-electron chi connectivity index (χ2n) is 8.09. The number of benzene rings is 2. The molecule has 3 aromatic rings. The first-order valence-corrected chi connectivity index (χ1v) is 9.75. The first kappa shape index (κ1) is 19.5. The molecule has 2 bridgehead atoms. The van der Waals surface area contributed by atoms with Gasteiger partial charge < -0.3 is 10.2 Å². The van der Waals surface area contributed by atoms with Crippen molar-refractivity contribution in [2.45, 2.75) is 36.8 Å². The van der Waals surface area contributed by atoms with Gasteiger partial charge in [-0.05, 0) is 54.4 Å². The van der Waals surface area contributed by atoms with Crippen LogP contribution in [0.1, 0.15) is 52.8 Å². The van der Waals surface area contributed by atoms with Crippen LogP contribution >= 0.6 is 0 Å². The van der Waals surface area contributed by atoms with Crippen molar-refractivity contribution >= 4 is 5.69 Å². The van der Waals surface area contributed by atoms with Crippen LogP contribution in [0.2, 0.25) is 0 Å². The van der Waals surface area contributed by atoms with Crippen LogP contribution in [0, 0.1) is 10.1 Å². The summed E-state index contributed by atoms with van der Waals surface area (Å²) in [5, 5.41) is 32.6. The molecule has 160 valence electrons. The van der Waals surface area contributed by atoms with E-state index in [1.165, 1.54) is 24.3 Å². The molecule has 1 fully saturated rings. The molecule has 1 saturated carbocycles. The van der Waals surface area contributed by atoms with E-state index in [4.69, 9.17) is 0 Å². The Labute approximate surface area is 174 Å². The number of hydrogen-bond acceptors (Lipinski definition) is 4. The highest BCUT2D eigenvalue weighted by Gasteiger charge is 2.50. The quantitative estimate of drug-likeness (QED) is 0.420. The summed E-state index contributed by atoms with van der Waals surface area (Å²) in [7, 11) is 0. The monoisotopic (exact) mass is 430 g/mol. The average Bonchev–Trinajstić information content (AvgIpc) is 3.39. The van der Waals surface area contributed by atoms with E-state index < -0.39 is 16.7 Å². The highest BCUT2D eigenvalue weighted by molar-refractivity contribution is 5.61. The zero-order chi connectivity index (χ0) is 22.1. The van der Waals surface area contributed by atoms with Crippen LogP contribution in [0.15, 0.2) is 48.5 Å². The fraction of sp³-hybridized carbons (Fsp3) is 0.273. The standard InChI is InChI=1S/C22H17F3N2O4/c23-22(24,25)13-2-1-3-15(10-13)26-20(28)18-12-8-16(17(9-12)19(18)21(26)29)11-4-6-14(7-5-11)27(30)31/h1-7,10,12,16-17,28-29H,8-9H2/t12-,16+,17-/m1/s1. The summed E-state index contributed by atoms with van der Waals surface area (Å²) >= 11 is 0. The van der Waals surface area contributed by atoms with E-state index in [1.54, 1.807) is 12.1 Å². The normalized spacial score (nSPS) is 22.0. The number of nitro benzene ring substituents is 1. The fourth-order valence-corrected chi connectivity index (χ4v) is 5.22. The number of rotatable bonds is 3. The molecule has 2 aromatic carbocycles. The molecule has 0 unspecified atom stereocenters. The van der Waals surface area contributed by atoms with Crippen molar-refractivity contribution in [3.63, 3.8) is 0 Å². The van der Waals surface area contributed by atoms with Crippen molar-refractivity contribution in [2.75, 3.05) is 0 Å². The minimum absolute atomic E-state index is 0.000892. The number of halogens is 3. The second-order valence-corrected chi connectivity index (χ2v) is 8.09. The smallest absolute Gasteiger partial charge is 0.416 e. The van der Waals surface area contributed by atoms with Gasteiger partial charge in [-0.3, -0.25) is 14.7 Å². The lowest BCUT2D eigenvalue weighted by Gasteiger charge is -2.22. The van der Waals surface area contributed by atoms with Gasteiger partial charge in [-0.2, -0.15) is 13.2 Å². The molecule has 6 nitrogen and oxygen atoms in total. The zero-order valence-electron chi connectivity index (χ0n) is 16.0. The van der Waals surface area contributed by atoms with Crippen LogP contribution in [0.25, 0.3) is 5.69 Å². The van der Waals surface area contributed by atoms with Gasteiger partial charge in [0.05, 0.1) is 16.2 Å². The lowest BCUT2D eigenvalue weighted by atomic mass is 9.81. The van der Waals surface area contributed by atoms with Crippen LogP contribution in [0.4, 0.5) is 18.9 Å². The summed E-state index contributed by atoms with van der Waals surface area (Å²) in [6, 6.07) is 10.7. The summed E-state index contributed by atoms with van der Waals surface area (Å²) in [6.07, 6.45) is -3.15. The summed E-state index contributed by atoms with van der Waals surface area (Å²) in [5.41, 5.74) is 1.18. The minimum atomic E-state index is -4.54. The minimum Gasteiger partial charge on any atom is -0.494 e. The summed E-state index contributed by atoms with van der Waals surface area (Å²) in [6.45, 7) is 0. The highest BCUT2D eigenvalue weighted by Crippen LogP contribution is 2.65. The number of aromatic nitrogens is 1. The van der Waals surface area contributed by atoms with Crippen LogP contribution < -0.4 is 0 Å². The van der Waals surface area contributed by atoms with Crippen molar-refractivity contribution in [1.82, 2.24) is 4.57 Å².